The summed E-state index contributed by atoms with van der Waals surface area (Å²) in [5, 5.41) is 1.97. The Balaban J connectivity index is 2.48. The van der Waals surface area contributed by atoms with Crippen LogP contribution in [0.25, 0.3) is 11.3 Å². The predicted octanol–water partition coefficient (Wildman–Crippen LogP) is -0.388. The van der Waals surface area contributed by atoms with Gasteiger partial charge < -0.3 is 5.73 Å². The zero-order valence-corrected chi connectivity index (χ0v) is 10.4. The Morgan fingerprint density at radius 1 is 1.17 bits per heavy atom. The molecule has 3 heteroatoms. The highest BCUT2D eigenvalue weighted by atomic mass is 16.1. The van der Waals surface area contributed by atoms with E-state index in [0.717, 1.165) is 27.4 Å². The quantitative estimate of drug-likeness (QED) is 0.669. The Kier molecular flexibility index (Phi) is 2.31. The third-order valence-electron chi connectivity index (χ3n) is 3.51. The summed E-state index contributed by atoms with van der Waals surface area (Å²) in [4.78, 5) is 16.9. The van der Waals surface area contributed by atoms with Gasteiger partial charge in [0.15, 0.2) is 5.78 Å². The largest absolute Gasteiger partial charge is 0.318 e. The Morgan fingerprint density at radius 2 is 1.83 bits per heavy atom. The van der Waals surface area contributed by atoms with E-state index in [9.17, 15) is 4.79 Å². The van der Waals surface area contributed by atoms with Crippen molar-refractivity contribution in [2.45, 2.75) is 19.9 Å². The second kappa shape index (κ2) is 3.75. The lowest BCUT2D eigenvalue weighted by Gasteiger charge is -2.17. The summed E-state index contributed by atoms with van der Waals surface area (Å²) in [5.41, 5.74) is 9.14. The second-order valence-corrected chi connectivity index (χ2v) is 4.73. The predicted molar refractivity (Wildman–Crippen MR) is 72.1 cm³/mol. The molecule has 0 spiro atoms. The van der Waals surface area contributed by atoms with Crippen LogP contribution in [0.2, 0.25) is 0 Å². The standard InChI is InChI=1S/C15H14N2O/c1-8-7-12-13(15(18)14(8)16)11-6-4-3-5-10(11)9(2)17-12/h3-7,14H,16H2,1-2H3/q+1. The summed E-state index contributed by atoms with van der Waals surface area (Å²) in [5.74, 6) is -0.0336. The molecule has 0 aromatic heterocycles. The first kappa shape index (κ1) is 11.1. The first-order chi connectivity index (χ1) is 8.59. The number of fused-ring (bicyclic) bond motifs is 2. The van der Waals surface area contributed by atoms with Crippen molar-refractivity contribution < 1.29 is 4.79 Å². The van der Waals surface area contributed by atoms with Crippen molar-refractivity contribution in [2.75, 3.05) is 0 Å². The molecule has 89 valence electrons. The highest BCUT2D eigenvalue weighted by Crippen LogP contribution is 2.17. The summed E-state index contributed by atoms with van der Waals surface area (Å²) >= 11 is 0. The van der Waals surface area contributed by atoms with Crippen molar-refractivity contribution in [1.82, 2.24) is 4.99 Å². The van der Waals surface area contributed by atoms with Crippen LogP contribution in [0.1, 0.15) is 13.8 Å². The van der Waals surface area contributed by atoms with E-state index in [0.29, 0.717) is 5.57 Å². The van der Waals surface area contributed by atoms with E-state index < -0.39 is 6.04 Å². The van der Waals surface area contributed by atoms with E-state index in [1.54, 1.807) is 0 Å². The maximum atomic E-state index is 12.3. The molecule has 1 aromatic carbocycles. The van der Waals surface area contributed by atoms with Gasteiger partial charge in [-0.2, -0.15) is 0 Å². The monoisotopic (exact) mass is 238 g/mol. The second-order valence-electron chi connectivity index (χ2n) is 4.73. The van der Waals surface area contributed by atoms with Gasteiger partial charge in [0, 0.05) is 18.2 Å². The topological polar surface area (TPSA) is 57.2 Å². The number of benzene rings is 1. The number of rotatable bonds is 0. The lowest BCUT2D eigenvalue weighted by molar-refractivity contribution is -0.114. The normalized spacial score (nSPS) is 22.2. The van der Waals surface area contributed by atoms with Gasteiger partial charge in [-0.25, -0.2) is 0 Å². The summed E-state index contributed by atoms with van der Waals surface area (Å²) in [6.07, 6.45) is 1.92. The minimum absolute atomic E-state index is 0.0336. The Morgan fingerprint density at radius 3 is 2.56 bits per heavy atom. The molecule has 2 aliphatic rings. The van der Waals surface area contributed by atoms with E-state index in [2.05, 4.69) is 4.99 Å². The lowest BCUT2D eigenvalue weighted by Crippen LogP contribution is -2.46. The molecule has 1 atom stereocenters. The average molecular weight is 238 g/mol. The van der Waals surface area contributed by atoms with E-state index in [1.165, 1.54) is 0 Å². The summed E-state index contributed by atoms with van der Waals surface area (Å²) in [6.45, 7) is 3.84. The van der Waals surface area contributed by atoms with E-state index in [-0.39, 0.29) is 5.78 Å². The fourth-order valence-corrected chi connectivity index (χ4v) is 2.48. The van der Waals surface area contributed by atoms with Crippen LogP contribution in [0, 0.1) is 0 Å². The SMILES string of the molecule is CC1=CC2=[N+]C(C)=c3ccccc3=C2C(=O)C1N. The van der Waals surface area contributed by atoms with Crippen LogP contribution in [-0.2, 0) is 4.79 Å². The molecule has 0 saturated carbocycles. The van der Waals surface area contributed by atoms with Gasteiger partial charge in [-0.3, -0.25) is 4.79 Å². The molecular weight excluding hydrogens is 224 g/mol. The van der Waals surface area contributed by atoms with Gasteiger partial charge in [-0.05, 0) is 18.6 Å². The zero-order valence-electron chi connectivity index (χ0n) is 10.4. The Labute approximate surface area is 105 Å². The molecule has 1 unspecified atom stereocenters. The van der Waals surface area contributed by atoms with Crippen molar-refractivity contribution in [1.29, 1.82) is 0 Å². The molecule has 1 heterocycles. The average Bonchev–Trinajstić information content (AvgIpc) is 2.36. The number of Topliss-reactive ketones (excluding diaryl/α,β-unsaturated/α-hetero) is 1. The smallest absolute Gasteiger partial charge is 0.289 e. The van der Waals surface area contributed by atoms with Gasteiger partial charge in [-0.15, -0.1) is 0 Å². The molecule has 1 aromatic rings. The summed E-state index contributed by atoms with van der Waals surface area (Å²) in [6, 6.07) is 7.30. The van der Waals surface area contributed by atoms with Crippen molar-refractivity contribution >= 4 is 22.8 Å². The molecule has 3 rings (SSSR count). The molecule has 3 nitrogen and oxygen atoms in total. The molecule has 2 N–H and O–H groups in total. The number of aliphatic imine (C=N–C) groups is 1. The third-order valence-corrected chi connectivity index (χ3v) is 3.51. The van der Waals surface area contributed by atoms with Crippen molar-refractivity contribution in [3.63, 3.8) is 0 Å². The van der Waals surface area contributed by atoms with Crippen LogP contribution in [0.15, 0.2) is 35.9 Å². The number of carbonyl (C=O) groups is 1. The van der Waals surface area contributed by atoms with E-state index in [1.807, 2.05) is 44.2 Å². The fraction of sp³-hybridized carbons (Fsp3) is 0.200. The van der Waals surface area contributed by atoms with Crippen LogP contribution < -0.4 is 21.2 Å². The van der Waals surface area contributed by atoms with Crippen LogP contribution in [0.4, 0.5) is 0 Å². The number of hydrogen-bond acceptors (Lipinski definition) is 3. The fourth-order valence-electron chi connectivity index (χ4n) is 2.48. The van der Waals surface area contributed by atoms with Crippen LogP contribution >= 0.6 is 0 Å². The van der Waals surface area contributed by atoms with Crippen molar-refractivity contribution in [2.24, 2.45) is 5.73 Å². The molecule has 0 amide bonds. The van der Waals surface area contributed by atoms with Gasteiger partial charge in [0.1, 0.15) is 5.57 Å². The first-order valence-corrected chi connectivity index (χ1v) is 5.97. The highest BCUT2D eigenvalue weighted by molar-refractivity contribution is 6.49. The van der Waals surface area contributed by atoms with Crippen LogP contribution in [0.3, 0.4) is 0 Å². The maximum absolute atomic E-state index is 12.3. The number of nitrogens with zero attached hydrogens (tertiary/aromatic N) is 1. The highest BCUT2D eigenvalue weighted by Gasteiger charge is 2.36. The van der Waals surface area contributed by atoms with Gasteiger partial charge in [-0.1, -0.05) is 18.2 Å². The van der Waals surface area contributed by atoms with Crippen molar-refractivity contribution in [3.05, 3.63) is 46.4 Å². The first-order valence-electron chi connectivity index (χ1n) is 5.97. The minimum Gasteiger partial charge on any atom is -0.318 e. The molecule has 0 fully saturated rings. The zero-order chi connectivity index (χ0) is 12.9. The van der Waals surface area contributed by atoms with Crippen LogP contribution in [0.5, 0.6) is 0 Å². The molecule has 1 aliphatic heterocycles. The third kappa shape index (κ3) is 1.41. The van der Waals surface area contributed by atoms with Crippen LogP contribution in [-0.4, -0.2) is 17.5 Å². The number of hydrogen-bond donors (Lipinski definition) is 1. The Hall–Kier alpha value is -2.00. The number of ketones is 1. The number of nitrogens with two attached hydrogens (primary N) is 1. The maximum Gasteiger partial charge on any atom is 0.289 e. The number of allylic oxidation sites excluding steroid dienone is 1. The van der Waals surface area contributed by atoms with E-state index in [4.69, 9.17) is 5.73 Å². The number of carbonyl (C=O) groups excluding carboxylic acids is 1. The molecule has 18 heavy (non-hydrogen) atoms. The summed E-state index contributed by atoms with van der Waals surface area (Å²) in [7, 11) is 0. The van der Waals surface area contributed by atoms with Gasteiger partial charge in [0.25, 0.3) is 11.4 Å². The molecule has 1 aliphatic carbocycles. The summed E-state index contributed by atoms with van der Waals surface area (Å²) < 4.78 is 0. The van der Waals surface area contributed by atoms with E-state index >= 15 is 0 Å². The van der Waals surface area contributed by atoms with Gasteiger partial charge >= 0.3 is 0 Å². The minimum atomic E-state index is -0.537. The molecule has 1 radical (unpaired) electrons. The van der Waals surface area contributed by atoms with Gasteiger partial charge in [0.2, 0.25) is 0 Å². The Bertz CT molecular complexity index is 738. The molecule has 0 saturated heterocycles. The van der Waals surface area contributed by atoms with Gasteiger partial charge in [0.05, 0.1) is 16.3 Å². The molecule has 0 bridgehead atoms. The molecular formula is C15H14N2O+. The lowest BCUT2D eigenvalue weighted by atomic mass is 9.86. The van der Waals surface area contributed by atoms with Crippen molar-refractivity contribution in [3.8, 4) is 0 Å².